The second kappa shape index (κ2) is 54.6. The number of hydrogen-bond donors (Lipinski definition) is 0. The number of carbonyl (C=O) groups excluding carboxylic acids is 3. The molecule has 0 aliphatic heterocycles. The van der Waals surface area contributed by atoms with Crippen molar-refractivity contribution in [1.29, 1.82) is 0 Å². The van der Waals surface area contributed by atoms with Crippen molar-refractivity contribution in [2.75, 3.05) is 13.2 Å². The van der Waals surface area contributed by atoms with Crippen LogP contribution in [-0.4, -0.2) is 37.2 Å². The highest BCUT2D eigenvalue weighted by atomic mass is 16.6. The quantitative estimate of drug-likeness (QED) is 0.0199. The third kappa shape index (κ3) is 52.8. The number of unbranched alkanes of at least 4 members (excludes halogenated alkanes) is 6. The van der Waals surface area contributed by atoms with Crippen molar-refractivity contribution in [2.24, 2.45) is 0 Å². The number of allylic oxidation sites excluding steroid dienone is 34. The van der Waals surface area contributed by atoms with Crippen LogP contribution in [0.3, 0.4) is 0 Å². The minimum atomic E-state index is -0.868. The van der Waals surface area contributed by atoms with E-state index in [1.54, 1.807) is 0 Å². The number of rotatable bonds is 42. The molecule has 1 unspecified atom stereocenters. The van der Waals surface area contributed by atoms with Crippen molar-refractivity contribution >= 4 is 17.9 Å². The second-order valence-electron chi connectivity index (χ2n) is 15.9. The highest BCUT2D eigenvalue weighted by molar-refractivity contribution is 5.71. The van der Waals surface area contributed by atoms with Gasteiger partial charge in [0, 0.05) is 19.3 Å². The van der Waals surface area contributed by atoms with Crippen LogP contribution < -0.4 is 0 Å². The summed E-state index contributed by atoms with van der Waals surface area (Å²) in [5, 5.41) is 0. The van der Waals surface area contributed by atoms with Crippen molar-refractivity contribution in [3.8, 4) is 0 Å². The zero-order chi connectivity index (χ0) is 50.0. The van der Waals surface area contributed by atoms with E-state index in [0.29, 0.717) is 19.3 Å². The largest absolute Gasteiger partial charge is 0.462 e. The third-order valence-corrected chi connectivity index (χ3v) is 9.57. The molecular weight excluding hydrogens is 853 g/mol. The fourth-order valence-electron chi connectivity index (χ4n) is 5.81. The lowest BCUT2D eigenvalue weighted by Gasteiger charge is -2.18. The molecule has 1 atom stereocenters. The predicted molar refractivity (Wildman–Crippen MR) is 297 cm³/mol. The summed E-state index contributed by atoms with van der Waals surface area (Å²) in [6.07, 6.45) is 85.3. The van der Waals surface area contributed by atoms with E-state index >= 15 is 0 Å². The first-order chi connectivity index (χ1) is 34.0. The third-order valence-electron chi connectivity index (χ3n) is 9.57. The normalized spacial score (nSPS) is 13.8. The van der Waals surface area contributed by atoms with Crippen LogP contribution in [0.1, 0.15) is 149 Å². The van der Waals surface area contributed by atoms with Crippen LogP contribution in [-0.2, 0) is 28.6 Å². The fourth-order valence-corrected chi connectivity index (χ4v) is 5.81. The molecule has 0 radical (unpaired) electrons. The van der Waals surface area contributed by atoms with E-state index in [0.717, 1.165) is 89.9 Å². The molecule has 0 saturated heterocycles. The zero-order valence-electron chi connectivity index (χ0n) is 42.7. The fraction of sp³-hybridized carbons (Fsp3) is 0.413. The zero-order valence-corrected chi connectivity index (χ0v) is 42.7. The summed E-state index contributed by atoms with van der Waals surface area (Å²) in [4.78, 5) is 38.0. The first-order valence-corrected chi connectivity index (χ1v) is 25.7. The standard InChI is InChI=1S/C63H88O6/c1-4-7-10-13-16-19-22-25-27-29-31-33-35-38-41-44-47-50-53-56-62(65)68-59-60(58-67-61(64)55-52-49-46-43-40-37-24-21-18-15-12-9-6-3)69-63(66)57-54-51-48-45-42-39-36-34-32-30-28-26-23-20-17-14-11-8-5-2/h7-13,15-22,24-29,31-35,37-42,48,51,60H,4-6,14,23,30,36,43-47,49-50,52-59H2,1-3H3/b10-7+,11-8+,12-9+,16-13+,18-15+,20-17+,22-19+,24-21+,27-25+,28-26+,31-29+,34-32+,35-33+,40-37+,41-38+,42-39+,51-48+. The molecule has 0 bridgehead atoms. The predicted octanol–water partition coefficient (Wildman–Crippen LogP) is 17.3. The Kier molecular flexibility index (Phi) is 49.8. The van der Waals surface area contributed by atoms with Crippen LogP contribution in [0.2, 0.25) is 0 Å². The van der Waals surface area contributed by atoms with E-state index < -0.39 is 12.1 Å². The molecule has 0 spiro atoms. The highest BCUT2D eigenvalue weighted by Gasteiger charge is 2.19. The van der Waals surface area contributed by atoms with E-state index in [1.807, 2.05) is 122 Å². The second-order valence-corrected chi connectivity index (χ2v) is 15.9. The summed E-state index contributed by atoms with van der Waals surface area (Å²) in [6.45, 7) is 6.05. The van der Waals surface area contributed by atoms with Gasteiger partial charge in [0.15, 0.2) is 6.10 Å². The minimum Gasteiger partial charge on any atom is -0.462 e. The molecule has 376 valence electrons. The molecule has 0 aromatic carbocycles. The van der Waals surface area contributed by atoms with Crippen molar-refractivity contribution in [3.63, 3.8) is 0 Å². The lowest BCUT2D eigenvalue weighted by Crippen LogP contribution is -2.30. The van der Waals surface area contributed by atoms with Gasteiger partial charge in [-0.3, -0.25) is 14.4 Å². The van der Waals surface area contributed by atoms with Gasteiger partial charge in [-0.25, -0.2) is 0 Å². The smallest absolute Gasteiger partial charge is 0.306 e. The topological polar surface area (TPSA) is 78.9 Å². The summed E-state index contributed by atoms with van der Waals surface area (Å²) in [6, 6.07) is 0. The molecule has 0 aromatic rings. The first-order valence-electron chi connectivity index (χ1n) is 25.7. The Balaban J connectivity index is 4.72. The summed E-state index contributed by atoms with van der Waals surface area (Å²) in [5.41, 5.74) is 0. The number of carbonyl (C=O) groups is 3. The van der Waals surface area contributed by atoms with Gasteiger partial charge in [-0.1, -0.05) is 240 Å². The van der Waals surface area contributed by atoms with E-state index in [4.69, 9.17) is 14.2 Å². The maximum Gasteiger partial charge on any atom is 0.306 e. The Morgan fingerprint density at radius 2 is 0.623 bits per heavy atom. The molecule has 0 fully saturated rings. The van der Waals surface area contributed by atoms with Crippen LogP contribution in [0.5, 0.6) is 0 Å². The Hall–Kier alpha value is -6.01. The van der Waals surface area contributed by atoms with Crippen molar-refractivity contribution in [3.05, 3.63) is 207 Å². The minimum absolute atomic E-state index is 0.157. The van der Waals surface area contributed by atoms with Crippen LogP contribution in [0.4, 0.5) is 0 Å². The van der Waals surface area contributed by atoms with Gasteiger partial charge in [0.1, 0.15) is 13.2 Å². The van der Waals surface area contributed by atoms with Crippen molar-refractivity contribution < 1.29 is 28.6 Å². The first kappa shape index (κ1) is 63.0. The number of ether oxygens (including phenoxy) is 3. The summed E-state index contributed by atoms with van der Waals surface area (Å²) < 4.78 is 16.6. The average Bonchev–Trinajstić information content (AvgIpc) is 3.35. The van der Waals surface area contributed by atoms with Gasteiger partial charge < -0.3 is 14.2 Å². The Morgan fingerprint density at radius 1 is 0.304 bits per heavy atom. The summed E-state index contributed by atoms with van der Waals surface area (Å²) >= 11 is 0. The Bertz CT molecular complexity index is 1790. The molecule has 6 nitrogen and oxygen atoms in total. The van der Waals surface area contributed by atoms with Gasteiger partial charge in [0.05, 0.1) is 0 Å². The van der Waals surface area contributed by atoms with E-state index in [1.165, 1.54) is 0 Å². The summed E-state index contributed by atoms with van der Waals surface area (Å²) in [5.74, 6) is -1.15. The van der Waals surface area contributed by atoms with E-state index in [2.05, 4.69) is 106 Å². The number of esters is 3. The van der Waals surface area contributed by atoms with Crippen LogP contribution >= 0.6 is 0 Å². The molecule has 69 heavy (non-hydrogen) atoms. The van der Waals surface area contributed by atoms with Gasteiger partial charge in [-0.2, -0.15) is 0 Å². The van der Waals surface area contributed by atoms with E-state index in [9.17, 15) is 14.4 Å². The van der Waals surface area contributed by atoms with Crippen molar-refractivity contribution in [2.45, 2.75) is 155 Å². The molecule has 6 heteroatoms. The SMILES string of the molecule is CC/C=C/C=C/C=C/C=C/C=C/C=C/C=C/CCCCCC(=O)OCC(COC(=O)CCCCC/C=C/C=C/C=C/C=C/CC)OC(=O)CC/C=C/C/C=C/C/C=C/C/C=C/C/C=C/C/C=C/CC. The van der Waals surface area contributed by atoms with Gasteiger partial charge in [-0.15, -0.1) is 0 Å². The molecule has 0 amide bonds. The van der Waals surface area contributed by atoms with Gasteiger partial charge >= 0.3 is 17.9 Å². The highest BCUT2D eigenvalue weighted by Crippen LogP contribution is 2.09. The molecule has 0 saturated carbocycles. The van der Waals surface area contributed by atoms with Gasteiger partial charge in [0.2, 0.25) is 0 Å². The van der Waals surface area contributed by atoms with Crippen LogP contribution in [0.15, 0.2) is 207 Å². The van der Waals surface area contributed by atoms with E-state index in [-0.39, 0.29) is 44.4 Å². The van der Waals surface area contributed by atoms with Crippen molar-refractivity contribution in [1.82, 2.24) is 0 Å². The molecule has 0 aliphatic carbocycles. The maximum atomic E-state index is 12.8. The molecule has 0 aliphatic rings. The molecule has 0 heterocycles. The molecule has 0 rings (SSSR count). The maximum absolute atomic E-state index is 12.8. The van der Waals surface area contributed by atoms with Crippen LogP contribution in [0.25, 0.3) is 0 Å². The van der Waals surface area contributed by atoms with Gasteiger partial charge in [0.25, 0.3) is 0 Å². The molecule has 0 aromatic heterocycles. The average molecular weight is 941 g/mol. The van der Waals surface area contributed by atoms with Crippen LogP contribution in [0, 0.1) is 0 Å². The molecular formula is C63H88O6. The Labute approximate surface area is 419 Å². The number of hydrogen-bond acceptors (Lipinski definition) is 6. The Morgan fingerprint density at radius 3 is 0.986 bits per heavy atom. The monoisotopic (exact) mass is 941 g/mol. The summed E-state index contributed by atoms with van der Waals surface area (Å²) in [7, 11) is 0. The van der Waals surface area contributed by atoms with Gasteiger partial charge in [-0.05, 0) is 96.3 Å². The lowest BCUT2D eigenvalue weighted by molar-refractivity contribution is -0.166. The molecule has 0 N–H and O–H groups in total. The lowest BCUT2D eigenvalue weighted by atomic mass is 10.1.